The van der Waals surface area contributed by atoms with Crippen LogP contribution in [0.1, 0.15) is 5.56 Å². The summed E-state index contributed by atoms with van der Waals surface area (Å²) < 4.78 is 0. The van der Waals surface area contributed by atoms with E-state index in [4.69, 9.17) is 0 Å². The molecule has 0 spiro atoms. The number of aryl methyl sites for hydroxylation is 1. The van der Waals surface area contributed by atoms with Crippen LogP contribution in [0.15, 0.2) is 36.9 Å². The van der Waals surface area contributed by atoms with Gasteiger partial charge in [-0.1, -0.05) is 18.7 Å². The van der Waals surface area contributed by atoms with Gasteiger partial charge in [-0.05, 0) is 30.7 Å². The predicted molar refractivity (Wildman–Crippen MR) is 67.7 cm³/mol. The van der Waals surface area contributed by atoms with Crippen molar-refractivity contribution in [1.82, 2.24) is 5.32 Å². The highest BCUT2D eigenvalue weighted by Gasteiger charge is 2.00. The maximum Gasteiger partial charge on any atom is 0.243 e. The quantitative estimate of drug-likeness (QED) is 0.763. The molecule has 1 N–H and O–H groups in total. The molecule has 0 bridgehead atoms. The van der Waals surface area contributed by atoms with E-state index in [1.54, 1.807) is 0 Å². The zero-order valence-corrected chi connectivity index (χ0v) is 9.86. The first kappa shape index (κ1) is 12.3. The second-order valence-electron chi connectivity index (χ2n) is 3.76. The zero-order valence-electron chi connectivity index (χ0n) is 9.86. The van der Waals surface area contributed by atoms with Crippen LogP contribution in [-0.4, -0.2) is 26.0 Å². The van der Waals surface area contributed by atoms with Gasteiger partial charge >= 0.3 is 0 Å². The Morgan fingerprint density at radius 3 is 2.94 bits per heavy atom. The number of hydrogen-bond acceptors (Lipinski definition) is 2. The SMILES string of the molecule is C=CC(=O)NCCN(C)c1cccc(C)c1. The summed E-state index contributed by atoms with van der Waals surface area (Å²) in [6, 6.07) is 8.28. The summed E-state index contributed by atoms with van der Waals surface area (Å²) in [6.45, 7) is 6.87. The predicted octanol–water partition coefficient (Wildman–Crippen LogP) is 1.73. The average Bonchev–Trinajstić information content (AvgIpc) is 2.28. The van der Waals surface area contributed by atoms with Crippen LogP contribution in [0.4, 0.5) is 5.69 Å². The Kier molecular flexibility index (Phi) is 4.58. The van der Waals surface area contributed by atoms with E-state index < -0.39 is 0 Å². The molecular weight excluding hydrogens is 200 g/mol. The third-order valence-corrected chi connectivity index (χ3v) is 2.37. The standard InChI is InChI=1S/C13H18N2O/c1-4-13(16)14-8-9-15(3)12-7-5-6-11(2)10-12/h4-7,10H,1,8-9H2,2-3H3,(H,14,16). The highest BCUT2D eigenvalue weighted by atomic mass is 16.1. The number of hydrogen-bond donors (Lipinski definition) is 1. The van der Waals surface area contributed by atoms with Crippen LogP contribution >= 0.6 is 0 Å². The van der Waals surface area contributed by atoms with Gasteiger partial charge in [0.25, 0.3) is 0 Å². The van der Waals surface area contributed by atoms with Crippen molar-refractivity contribution >= 4 is 11.6 Å². The Labute approximate surface area is 96.8 Å². The average molecular weight is 218 g/mol. The van der Waals surface area contributed by atoms with Crippen molar-refractivity contribution in [1.29, 1.82) is 0 Å². The molecule has 0 aliphatic rings. The van der Waals surface area contributed by atoms with Gasteiger partial charge in [-0.3, -0.25) is 4.79 Å². The minimum atomic E-state index is -0.127. The molecule has 16 heavy (non-hydrogen) atoms. The summed E-state index contributed by atoms with van der Waals surface area (Å²) in [7, 11) is 2.01. The number of likely N-dealkylation sites (N-methyl/N-ethyl adjacent to an activating group) is 1. The largest absolute Gasteiger partial charge is 0.373 e. The Bertz CT molecular complexity index is 374. The highest BCUT2D eigenvalue weighted by molar-refractivity contribution is 5.86. The van der Waals surface area contributed by atoms with Gasteiger partial charge in [0, 0.05) is 25.8 Å². The van der Waals surface area contributed by atoms with E-state index in [9.17, 15) is 4.79 Å². The van der Waals surface area contributed by atoms with Crippen LogP contribution in [0.3, 0.4) is 0 Å². The summed E-state index contributed by atoms with van der Waals surface area (Å²) in [5.74, 6) is -0.127. The number of nitrogens with zero attached hydrogens (tertiary/aromatic N) is 1. The molecule has 0 unspecified atom stereocenters. The fraction of sp³-hybridized carbons (Fsp3) is 0.308. The monoisotopic (exact) mass is 218 g/mol. The normalized spacial score (nSPS) is 9.62. The van der Waals surface area contributed by atoms with Gasteiger partial charge in [0.2, 0.25) is 5.91 Å². The van der Waals surface area contributed by atoms with Gasteiger partial charge in [0.1, 0.15) is 0 Å². The Morgan fingerprint density at radius 1 is 1.56 bits per heavy atom. The number of anilines is 1. The van der Waals surface area contributed by atoms with Gasteiger partial charge in [0.05, 0.1) is 0 Å². The van der Waals surface area contributed by atoms with Crippen LogP contribution < -0.4 is 10.2 Å². The maximum atomic E-state index is 10.9. The lowest BCUT2D eigenvalue weighted by atomic mass is 10.2. The van der Waals surface area contributed by atoms with Crippen molar-refractivity contribution in [2.24, 2.45) is 0 Å². The van der Waals surface area contributed by atoms with E-state index in [0.717, 1.165) is 12.2 Å². The first-order valence-corrected chi connectivity index (χ1v) is 5.31. The molecule has 3 heteroatoms. The molecule has 0 aliphatic heterocycles. The Morgan fingerprint density at radius 2 is 2.31 bits per heavy atom. The molecule has 1 rings (SSSR count). The van der Waals surface area contributed by atoms with Gasteiger partial charge in [-0.15, -0.1) is 0 Å². The molecular formula is C13H18N2O. The smallest absolute Gasteiger partial charge is 0.243 e. The number of carbonyl (C=O) groups is 1. The van der Waals surface area contributed by atoms with Crippen molar-refractivity contribution in [2.45, 2.75) is 6.92 Å². The minimum Gasteiger partial charge on any atom is -0.373 e. The van der Waals surface area contributed by atoms with Crippen molar-refractivity contribution in [3.63, 3.8) is 0 Å². The number of benzene rings is 1. The number of amides is 1. The summed E-state index contributed by atoms with van der Waals surface area (Å²) in [5.41, 5.74) is 2.40. The lowest BCUT2D eigenvalue weighted by Gasteiger charge is -2.19. The van der Waals surface area contributed by atoms with Crippen LogP contribution in [0, 0.1) is 6.92 Å². The minimum absolute atomic E-state index is 0.127. The van der Waals surface area contributed by atoms with E-state index >= 15 is 0 Å². The first-order valence-electron chi connectivity index (χ1n) is 5.31. The van der Waals surface area contributed by atoms with E-state index in [-0.39, 0.29) is 5.91 Å². The summed E-state index contributed by atoms with van der Waals surface area (Å²) >= 11 is 0. The lowest BCUT2D eigenvalue weighted by molar-refractivity contribution is -0.116. The Hall–Kier alpha value is -1.77. The van der Waals surface area contributed by atoms with Gasteiger partial charge in [0.15, 0.2) is 0 Å². The van der Waals surface area contributed by atoms with E-state index in [1.165, 1.54) is 11.6 Å². The van der Waals surface area contributed by atoms with Gasteiger partial charge in [-0.25, -0.2) is 0 Å². The molecule has 0 fully saturated rings. The van der Waals surface area contributed by atoms with Crippen LogP contribution in [0.2, 0.25) is 0 Å². The fourth-order valence-corrected chi connectivity index (χ4v) is 1.41. The van der Waals surface area contributed by atoms with Gasteiger partial charge < -0.3 is 10.2 Å². The van der Waals surface area contributed by atoms with Crippen molar-refractivity contribution in [3.8, 4) is 0 Å². The molecule has 0 aromatic heterocycles. The van der Waals surface area contributed by atoms with Crippen molar-refractivity contribution < 1.29 is 4.79 Å². The summed E-state index contributed by atoms with van der Waals surface area (Å²) in [4.78, 5) is 13.0. The number of carbonyl (C=O) groups excluding carboxylic acids is 1. The third-order valence-electron chi connectivity index (χ3n) is 2.37. The Balaban J connectivity index is 2.43. The number of rotatable bonds is 5. The maximum absolute atomic E-state index is 10.9. The van der Waals surface area contributed by atoms with Crippen LogP contribution in [0.5, 0.6) is 0 Å². The van der Waals surface area contributed by atoms with E-state index in [2.05, 4.69) is 41.9 Å². The molecule has 3 nitrogen and oxygen atoms in total. The first-order chi connectivity index (χ1) is 7.63. The molecule has 86 valence electrons. The zero-order chi connectivity index (χ0) is 12.0. The second kappa shape index (κ2) is 5.95. The fourth-order valence-electron chi connectivity index (χ4n) is 1.41. The van der Waals surface area contributed by atoms with Crippen LogP contribution in [-0.2, 0) is 4.79 Å². The summed E-state index contributed by atoms with van der Waals surface area (Å²) in [6.07, 6.45) is 1.28. The highest BCUT2D eigenvalue weighted by Crippen LogP contribution is 2.13. The molecule has 0 aliphatic carbocycles. The second-order valence-corrected chi connectivity index (χ2v) is 3.76. The van der Waals surface area contributed by atoms with Crippen molar-refractivity contribution in [3.05, 3.63) is 42.5 Å². The molecule has 0 radical (unpaired) electrons. The number of nitrogens with one attached hydrogen (secondary N) is 1. The molecule has 0 saturated heterocycles. The molecule has 0 heterocycles. The van der Waals surface area contributed by atoms with Crippen LogP contribution in [0.25, 0.3) is 0 Å². The molecule has 1 aromatic carbocycles. The lowest BCUT2D eigenvalue weighted by Crippen LogP contribution is -2.31. The molecule has 1 amide bonds. The topological polar surface area (TPSA) is 32.3 Å². The summed E-state index contributed by atoms with van der Waals surface area (Å²) in [5, 5.41) is 2.75. The third kappa shape index (κ3) is 3.77. The van der Waals surface area contributed by atoms with Gasteiger partial charge in [-0.2, -0.15) is 0 Å². The molecule has 1 aromatic rings. The van der Waals surface area contributed by atoms with E-state index in [0.29, 0.717) is 6.54 Å². The molecule has 0 atom stereocenters. The molecule has 0 saturated carbocycles. The van der Waals surface area contributed by atoms with E-state index in [1.807, 2.05) is 13.1 Å². The van der Waals surface area contributed by atoms with Crippen molar-refractivity contribution in [2.75, 3.05) is 25.0 Å².